The first-order chi connectivity index (χ1) is 9.22. The minimum absolute atomic E-state index is 0.193. The number of hydrogen-bond acceptors (Lipinski definition) is 2. The van der Waals surface area contributed by atoms with Crippen LogP contribution in [0.1, 0.15) is 0 Å². The van der Waals surface area contributed by atoms with Crippen LogP contribution in [0, 0.1) is 5.82 Å². The van der Waals surface area contributed by atoms with Gasteiger partial charge >= 0.3 is 5.69 Å². The summed E-state index contributed by atoms with van der Waals surface area (Å²) in [5.74, 6) is 0.0954. The van der Waals surface area contributed by atoms with Gasteiger partial charge in [-0.15, -0.1) is 0 Å². The zero-order valence-corrected chi connectivity index (χ0v) is 10.2. The van der Waals surface area contributed by atoms with Gasteiger partial charge in [0.2, 0.25) is 0 Å². The van der Waals surface area contributed by atoms with Crippen molar-refractivity contribution in [1.82, 2.24) is 9.55 Å². The van der Waals surface area contributed by atoms with Crippen molar-refractivity contribution < 1.29 is 9.13 Å². The van der Waals surface area contributed by atoms with E-state index in [1.54, 1.807) is 30.3 Å². The molecule has 2 aromatic carbocycles. The fourth-order valence-electron chi connectivity index (χ4n) is 2.15. The molecule has 0 bridgehead atoms. The van der Waals surface area contributed by atoms with Crippen molar-refractivity contribution in [3.8, 4) is 11.4 Å². The van der Waals surface area contributed by atoms with E-state index in [-0.39, 0.29) is 5.52 Å². The first-order valence-electron chi connectivity index (χ1n) is 5.75. The van der Waals surface area contributed by atoms with E-state index in [2.05, 4.69) is 4.98 Å². The molecule has 19 heavy (non-hydrogen) atoms. The van der Waals surface area contributed by atoms with Crippen LogP contribution in [0.25, 0.3) is 16.7 Å². The summed E-state index contributed by atoms with van der Waals surface area (Å²) in [6, 6.07) is 11.7. The predicted molar refractivity (Wildman–Crippen MR) is 70.4 cm³/mol. The van der Waals surface area contributed by atoms with Gasteiger partial charge in [0.05, 0.1) is 18.3 Å². The summed E-state index contributed by atoms with van der Waals surface area (Å²) in [5, 5.41) is 0. The largest absolute Gasteiger partial charge is 0.495 e. The standard InChI is InChI=1S/C14H11FN2O2/c1-19-12-8-3-2-6-10(12)17-11-7-4-5-9(15)13(11)16-14(17)18/h2-8H,1H3,(H,16,18). The highest BCUT2D eigenvalue weighted by Crippen LogP contribution is 2.24. The molecule has 0 saturated carbocycles. The maximum absolute atomic E-state index is 13.7. The van der Waals surface area contributed by atoms with Gasteiger partial charge in [-0.2, -0.15) is 0 Å². The lowest BCUT2D eigenvalue weighted by Gasteiger charge is -2.08. The number of methoxy groups -OCH3 is 1. The van der Waals surface area contributed by atoms with Crippen LogP contribution >= 0.6 is 0 Å². The van der Waals surface area contributed by atoms with E-state index in [9.17, 15) is 9.18 Å². The van der Waals surface area contributed by atoms with Crippen LogP contribution in [0.5, 0.6) is 5.75 Å². The van der Waals surface area contributed by atoms with Gasteiger partial charge in [0.1, 0.15) is 17.1 Å². The van der Waals surface area contributed by atoms with Gasteiger partial charge < -0.3 is 9.72 Å². The molecule has 0 aliphatic heterocycles. The van der Waals surface area contributed by atoms with E-state index in [1.807, 2.05) is 6.07 Å². The smallest absolute Gasteiger partial charge is 0.331 e. The molecule has 4 nitrogen and oxygen atoms in total. The molecule has 0 spiro atoms. The number of nitrogens with zero attached hydrogens (tertiary/aromatic N) is 1. The summed E-state index contributed by atoms with van der Waals surface area (Å²) >= 11 is 0. The fraction of sp³-hybridized carbons (Fsp3) is 0.0714. The summed E-state index contributed by atoms with van der Waals surface area (Å²) < 4.78 is 20.3. The Labute approximate surface area is 108 Å². The van der Waals surface area contributed by atoms with Crippen molar-refractivity contribution in [3.05, 3.63) is 58.8 Å². The minimum atomic E-state index is -0.455. The Bertz CT molecular complexity index is 805. The molecule has 5 heteroatoms. The van der Waals surface area contributed by atoms with Crippen molar-refractivity contribution >= 4 is 11.0 Å². The van der Waals surface area contributed by atoms with Crippen LogP contribution in [-0.4, -0.2) is 16.7 Å². The maximum Gasteiger partial charge on any atom is 0.331 e. The lowest BCUT2D eigenvalue weighted by Crippen LogP contribution is -2.15. The topological polar surface area (TPSA) is 47.0 Å². The first kappa shape index (κ1) is 11.5. The fourth-order valence-corrected chi connectivity index (χ4v) is 2.15. The van der Waals surface area contributed by atoms with Gasteiger partial charge in [-0.1, -0.05) is 18.2 Å². The van der Waals surface area contributed by atoms with Crippen molar-refractivity contribution in [1.29, 1.82) is 0 Å². The molecular formula is C14H11FN2O2. The van der Waals surface area contributed by atoms with Crippen molar-refractivity contribution in [3.63, 3.8) is 0 Å². The second-order valence-electron chi connectivity index (χ2n) is 4.07. The number of hydrogen-bond donors (Lipinski definition) is 1. The lowest BCUT2D eigenvalue weighted by molar-refractivity contribution is 0.413. The quantitative estimate of drug-likeness (QED) is 0.767. The third-order valence-electron chi connectivity index (χ3n) is 2.99. The van der Waals surface area contributed by atoms with Crippen molar-refractivity contribution in [2.75, 3.05) is 7.11 Å². The molecule has 96 valence electrons. The SMILES string of the molecule is COc1ccccc1-n1c(=O)[nH]c2c(F)cccc21. The molecule has 0 unspecified atom stereocenters. The number of benzene rings is 2. The van der Waals surface area contributed by atoms with E-state index in [0.717, 1.165) is 0 Å². The molecule has 1 aromatic heterocycles. The van der Waals surface area contributed by atoms with Crippen LogP contribution < -0.4 is 10.4 Å². The number of imidazole rings is 1. The van der Waals surface area contributed by atoms with Gasteiger partial charge in [-0.25, -0.2) is 9.18 Å². The number of aromatic nitrogens is 2. The minimum Gasteiger partial charge on any atom is -0.495 e. The van der Waals surface area contributed by atoms with Gasteiger partial charge in [-0.3, -0.25) is 4.57 Å². The number of H-pyrrole nitrogens is 1. The normalized spacial score (nSPS) is 10.8. The average molecular weight is 258 g/mol. The Kier molecular flexibility index (Phi) is 2.59. The van der Waals surface area contributed by atoms with Crippen LogP contribution in [0.15, 0.2) is 47.3 Å². The zero-order valence-electron chi connectivity index (χ0n) is 10.2. The second kappa shape index (κ2) is 4.28. The molecule has 0 aliphatic carbocycles. The highest BCUT2D eigenvalue weighted by atomic mass is 19.1. The molecule has 0 atom stereocenters. The van der Waals surface area contributed by atoms with E-state index in [0.29, 0.717) is 17.0 Å². The van der Waals surface area contributed by atoms with Gasteiger partial charge in [0.15, 0.2) is 0 Å². The zero-order chi connectivity index (χ0) is 13.4. The van der Waals surface area contributed by atoms with E-state index >= 15 is 0 Å². The van der Waals surface area contributed by atoms with E-state index < -0.39 is 11.5 Å². The van der Waals surface area contributed by atoms with Crippen LogP contribution in [0.3, 0.4) is 0 Å². The predicted octanol–water partition coefficient (Wildman–Crippen LogP) is 2.47. The molecular weight excluding hydrogens is 247 g/mol. The maximum atomic E-state index is 13.7. The highest BCUT2D eigenvalue weighted by molar-refractivity contribution is 5.78. The number of para-hydroxylation sites is 3. The Morgan fingerprint density at radius 3 is 2.74 bits per heavy atom. The van der Waals surface area contributed by atoms with Crippen molar-refractivity contribution in [2.45, 2.75) is 0 Å². The Balaban J connectivity index is 2.40. The molecule has 0 radical (unpaired) electrons. The Morgan fingerprint density at radius 2 is 1.95 bits per heavy atom. The Hall–Kier alpha value is -2.56. The van der Waals surface area contributed by atoms with Crippen LogP contribution in [0.2, 0.25) is 0 Å². The summed E-state index contributed by atoms with van der Waals surface area (Å²) in [6.45, 7) is 0. The van der Waals surface area contributed by atoms with E-state index in [1.165, 1.54) is 17.7 Å². The van der Waals surface area contributed by atoms with Gasteiger partial charge in [-0.05, 0) is 24.3 Å². The summed E-state index contributed by atoms with van der Waals surface area (Å²) in [5.41, 5.74) is 0.851. The monoisotopic (exact) mass is 258 g/mol. The third-order valence-corrected chi connectivity index (χ3v) is 2.99. The molecule has 1 heterocycles. The highest BCUT2D eigenvalue weighted by Gasteiger charge is 2.14. The Morgan fingerprint density at radius 1 is 1.16 bits per heavy atom. The number of nitrogens with one attached hydrogen (secondary N) is 1. The lowest BCUT2D eigenvalue weighted by atomic mass is 10.2. The molecule has 3 aromatic rings. The molecule has 3 rings (SSSR count). The number of aromatic amines is 1. The van der Waals surface area contributed by atoms with Gasteiger partial charge in [0, 0.05) is 0 Å². The molecule has 0 saturated heterocycles. The summed E-state index contributed by atoms with van der Waals surface area (Å²) in [6.07, 6.45) is 0. The number of halogens is 1. The number of fused-ring (bicyclic) bond motifs is 1. The number of rotatable bonds is 2. The van der Waals surface area contributed by atoms with E-state index in [4.69, 9.17) is 4.74 Å². The molecule has 1 N–H and O–H groups in total. The number of ether oxygens (including phenoxy) is 1. The molecule has 0 aliphatic rings. The first-order valence-corrected chi connectivity index (χ1v) is 5.75. The van der Waals surface area contributed by atoms with Gasteiger partial charge in [0.25, 0.3) is 0 Å². The summed E-state index contributed by atoms with van der Waals surface area (Å²) in [7, 11) is 1.53. The molecule has 0 fully saturated rings. The average Bonchev–Trinajstić information content (AvgIpc) is 2.76. The third kappa shape index (κ3) is 1.71. The van der Waals surface area contributed by atoms with Crippen LogP contribution in [-0.2, 0) is 0 Å². The summed E-state index contributed by atoms with van der Waals surface area (Å²) in [4.78, 5) is 14.6. The molecule has 0 amide bonds. The second-order valence-corrected chi connectivity index (χ2v) is 4.07. The van der Waals surface area contributed by atoms with Crippen LogP contribution in [0.4, 0.5) is 4.39 Å². The van der Waals surface area contributed by atoms with Crippen molar-refractivity contribution in [2.24, 2.45) is 0 Å².